The number of nitrogens with zero attached hydrogens (tertiary/aromatic N) is 1. The monoisotopic (exact) mass is 412 g/mol. The molecule has 0 saturated carbocycles. The molecule has 1 amide bonds. The zero-order chi connectivity index (χ0) is 20.8. The Morgan fingerprint density at radius 2 is 1.43 bits per heavy atom. The third kappa shape index (κ3) is 4.88. The van der Waals surface area contributed by atoms with Crippen molar-refractivity contribution in [2.24, 2.45) is 0 Å². The molecular formula is C25H20N2O2S. The molecule has 0 atom stereocenters. The van der Waals surface area contributed by atoms with Crippen LogP contribution in [0, 0.1) is 0 Å². The summed E-state index contributed by atoms with van der Waals surface area (Å²) < 4.78 is 0. The molecule has 5 heteroatoms. The van der Waals surface area contributed by atoms with Crippen LogP contribution in [0.5, 0.6) is 0 Å². The lowest BCUT2D eigenvalue weighted by molar-refractivity contribution is -0.116. The van der Waals surface area contributed by atoms with Gasteiger partial charge >= 0.3 is 0 Å². The highest BCUT2D eigenvalue weighted by molar-refractivity contribution is 7.13. The Morgan fingerprint density at radius 1 is 0.767 bits per heavy atom. The fourth-order valence-electron chi connectivity index (χ4n) is 3.06. The topological polar surface area (TPSA) is 59.1 Å². The summed E-state index contributed by atoms with van der Waals surface area (Å²) in [5.74, 6) is -0.203. The van der Waals surface area contributed by atoms with Gasteiger partial charge in [-0.3, -0.25) is 9.59 Å². The first-order chi connectivity index (χ1) is 14.7. The van der Waals surface area contributed by atoms with Crippen LogP contribution < -0.4 is 5.32 Å². The quantitative estimate of drug-likeness (QED) is 0.374. The molecule has 4 nitrogen and oxygen atoms in total. The van der Waals surface area contributed by atoms with E-state index in [1.54, 1.807) is 23.5 Å². The predicted molar refractivity (Wildman–Crippen MR) is 122 cm³/mol. The van der Waals surface area contributed by atoms with E-state index in [0.29, 0.717) is 11.3 Å². The Hall–Kier alpha value is -3.57. The van der Waals surface area contributed by atoms with Crippen LogP contribution >= 0.6 is 11.3 Å². The average molecular weight is 413 g/mol. The fraction of sp³-hybridized carbons (Fsp3) is 0.0800. The predicted octanol–water partition coefficient (Wildman–Crippen LogP) is 6.08. The Morgan fingerprint density at radius 3 is 2.13 bits per heavy atom. The fourth-order valence-corrected chi connectivity index (χ4v) is 3.90. The number of amides is 1. The molecule has 1 N–H and O–H groups in total. The smallest absolute Gasteiger partial charge is 0.224 e. The van der Waals surface area contributed by atoms with Gasteiger partial charge in [0.25, 0.3) is 0 Å². The summed E-state index contributed by atoms with van der Waals surface area (Å²) in [6.07, 6.45) is 0.344. The van der Waals surface area contributed by atoms with Crippen LogP contribution in [-0.2, 0) is 4.79 Å². The molecule has 0 unspecified atom stereocenters. The molecule has 0 aliphatic carbocycles. The van der Waals surface area contributed by atoms with Gasteiger partial charge in [-0.15, -0.1) is 11.3 Å². The number of thiazole rings is 1. The second kappa shape index (κ2) is 9.29. The van der Waals surface area contributed by atoms with Gasteiger partial charge in [-0.1, -0.05) is 72.8 Å². The third-order valence-corrected chi connectivity index (χ3v) is 5.56. The van der Waals surface area contributed by atoms with E-state index in [-0.39, 0.29) is 24.5 Å². The van der Waals surface area contributed by atoms with E-state index in [4.69, 9.17) is 4.98 Å². The summed E-state index contributed by atoms with van der Waals surface area (Å²) in [5, 5.41) is 5.86. The number of carbonyl (C=O) groups excluding carboxylic acids is 2. The van der Waals surface area contributed by atoms with Crippen LogP contribution in [0.3, 0.4) is 0 Å². The summed E-state index contributed by atoms with van der Waals surface area (Å²) in [6.45, 7) is 0. The van der Waals surface area contributed by atoms with Crippen molar-refractivity contribution in [3.63, 3.8) is 0 Å². The maximum atomic E-state index is 12.2. The van der Waals surface area contributed by atoms with Gasteiger partial charge in [0.1, 0.15) is 5.01 Å². The normalized spacial score (nSPS) is 10.5. The molecule has 0 fully saturated rings. The molecule has 148 valence electrons. The highest BCUT2D eigenvalue weighted by atomic mass is 32.1. The zero-order valence-corrected chi connectivity index (χ0v) is 17.1. The number of nitrogens with one attached hydrogen (secondary N) is 1. The maximum Gasteiger partial charge on any atom is 0.224 e. The van der Waals surface area contributed by atoms with Crippen molar-refractivity contribution < 1.29 is 9.59 Å². The summed E-state index contributed by atoms with van der Waals surface area (Å²) in [4.78, 5) is 29.0. The second-order valence-corrected chi connectivity index (χ2v) is 7.68. The molecule has 0 spiro atoms. The molecule has 1 aromatic heterocycles. The van der Waals surface area contributed by atoms with Crippen molar-refractivity contribution in [3.05, 3.63) is 95.9 Å². The van der Waals surface area contributed by atoms with Crippen molar-refractivity contribution in [2.75, 3.05) is 5.32 Å². The SMILES string of the molecule is O=C(CCC(=O)c1ccccc1)Nc1ccc(-c2csc(-c3ccccc3)n2)cc1. The largest absolute Gasteiger partial charge is 0.326 e. The van der Waals surface area contributed by atoms with Crippen LogP contribution in [0.25, 0.3) is 21.8 Å². The van der Waals surface area contributed by atoms with E-state index < -0.39 is 0 Å². The molecule has 0 aliphatic rings. The number of hydrogen-bond acceptors (Lipinski definition) is 4. The Bertz CT molecular complexity index is 1140. The van der Waals surface area contributed by atoms with Gasteiger partial charge in [0.05, 0.1) is 5.69 Å². The van der Waals surface area contributed by atoms with Crippen molar-refractivity contribution in [1.82, 2.24) is 4.98 Å². The number of hydrogen-bond donors (Lipinski definition) is 1. The van der Waals surface area contributed by atoms with Crippen molar-refractivity contribution in [2.45, 2.75) is 12.8 Å². The highest BCUT2D eigenvalue weighted by Gasteiger charge is 2.10. The van der Waals surface area contributed by atoms with E-state index in [9.17, 15) is 9.59 Å². The van der Waals surface area contributed by atoms with Gasteiger partial charge in [0, 0.05) is 40.6 Å². The van der Waals surface area contributed by atoms with Crippen molar-refractivity contribution in [1.29, 1.82) is 0 Å². The highest BCUT2D eigenvalue weighted by Crippen LogP contribution is 2.29. The molecule has 30 heavy (non-hydrogen) atoms. The number of ketones is 1. The minimum absolute atomic E-state index is 0.0288. The minimum atomic E-state index is -0.174. The summed E-state index contributed by atoms with van der Waals surface area (Å²) >= 11 is 1.61. The number of rotatable bonds is 7. The third-order valence-electron chi connectivity index (χ3n) is 4.66. The number of anilines is 1. The Labute approximate surface area is 179 Å². The van der Waals surface area contributed by atoms with Gasteiger partial charge in [0.2, 0.25) is 5.91 Å². The molecule has 1 heterocycles. The van der Waals surface area contributed by atoms with Crippen molar-refractivity contribution in [3.8, 4) is 21.8 Å². The van der Waals surface area contributed by atoms with E-state index in [2.05, 4.69) is 5.32 Å². The molecule has 4 aromatic rings. The molecule has 0 bridgehead atoms. The lowest BCUT2D eigenvalue weighted by Crippen LogP contribution is -2.13. The van der Waals surface area contributed by atoms with Gasteiger partial charge in [0.15, 0.2) is 5.78 Å². The van der Waals surface area contributed by atoms with Crippen molar-refractivity contribution >= 4 is 28.7 Å². The number of Topliss-reactive ketones (excluding diaryl/α,β-unsaturated/α-hetero) is 1. The first kappa shape index (κ1) is 19.7. The van der Waals surface area contributed by atoms with Crippen LogP contribution in [-0.4, -0.2) is 16.7 Å². The minimum Gasteiger partial charge on any atom is -0.326 e. The second-order valence-electron chi connectivity index (χ2n) is 6.82. The van der Waals surface area contributed by atoms with E-state index in [1.807, 2.05) is 78.2 Å². The molecule has 4 rings (SSSR count). The van der Waals surface area contributed by atoms with E-state index in [1.165, 1.54) is 0 Å². The Kier molecular flexibility index (Phi) is 6.11. The van der Waals surface area contributed by atoms with E-state index >= 15 is 0 Å². The average Bonchev–Trinajstić information content (AvgIpc) is 3.29. The zero-order valence-electron chi connectivity index (χ0n) is 16.2. The first-order valence-electron chi connectivity index (χ1n) is 9.68. The number of carbonyl (C=O) groups is 2. The molecule has 0 saturated heterocycles. The molecule has 0 radical (unpaired) electrons. The standard InChI is InChI=1S/C25H20N2O2S/c28-23(19-7-3-1-4-8-19)15-16-24(29)26-21-13-11-18(12-14-21)22-17-30-25(27-22)20-9-5-2-6-10-20/h1-14,17H,15-16H2,(H,26,29). The van der Waals surface area contributed by atoms with Gasteiger partial charge in [-0.25, -0.2) is 4.98 Å². The van der Waals surface area contributed by atoms with Crippen LogP contribution in [0.4, 0.5) is 5.69 Å². The summed E-state index contributed by atoms with van der Waals surface area (Å²) in [6, 6.07) is 26.7. The van der Waals surface area contributed by atoms with Crippen LogP contribution in [0.2, 0.25) is 0 Å². The lowest BCUT2D eigenvalue weighted by Gasteiger charge is -2.06. The molecule has 3 aromatic carbocycles. The Balaban J connectivity index is 1.34. The maximum absolute atomic E-state index is 12.2. The molecular weight excluding hydrogens is 392 g/mol. The van der Waals surface area contributed by atoms with E-state index in [0.717, 1.165) is 21.8 Å². The molecule has 0 aliphatic heterocycles. The first-order valence-corrected chi connectivity index (χ1v) is 10.6. The van der Waals surface area contributed by atoms with Gasteiger partial charge in [-0.05, 0) is 12.1 Å². The summed E-state index contributed by atoms with van der Waals surface area (Å²) in [5.41, 5.74) is 4.33. The lowest BCUT2D eigenvalue weighted by atomic mass is 10.1. The van der Waals surface area contributed by atoms with Crippen LogP contribution in [0.15, 0.2) is 90.3 Å². The van der Waals surface area contributed by atoms with Gasteiger partial charge in [-0.2, -0.15) is 0 Å². The summed E-state index contributed by atoms with van der Waals surface area (Å²) in [7, 11) is 0. The number of aromatic nitrogens is 1. The van der Waals surface area contributed by atoms with Crippen LogP contribution in [0.1, 0.15) is 23.2 Å². The van der Waals surface area contributed by atoms with Gasteiger partial charge < -0.3 is 5.32 Å². The number of benzene rings is 3.